The lowest BCUT2D eigenvalue weighted by Gasteiger charge is -1.98. The van der Waals surface area contributed by atoms with E-state index in [9.17, 15) is 4.79 Å². The van der Waals surface area contributed by atoms with Crippen LogP contribution in [-0.4, -0.2) is 17.4 Å². The maximum absolute atomic E-state index is 11.3. The van der Waals surface area contributed by atoms with Gasteiger partial charge < -0.3 is 10.3 Å². The van der Waals surface area contributed by atoms with Gasteiger partial charge in [0.15, 0.2) is 0 Å². The zero-order valence-electron chi connectivity index (χ0n) is 8.35. The van der Waals surface area contributed by atoms with Crippen LogP contribution in [0.25, 0.3) is 0 Å². The van der Waals surface area contributed by atoms with Crippen LogP contribution in [-0.2, 0) is 0 Å². The zero-order chi connectivity index (χ0) is 9.84. The van der Waals surface area contributed by atoms with Crippen LogP contribution in [0.5, 0.6) is 0 Å². The quantitative estimate of drug-likeness (QED) is 0.733. The van der Waals surface area contributed by atoms with Crippen molar-refractivity contribution in [2.75, 3.05) is 6.54 Å². The molecule has 0 saturated heterocycles. The smallest absolute Gasteiger partial charge is 0.267 e. The molecule has 1 amide bonds. The normalized spacial score (nSPS) is 10.5. The molecule has 3 nitrogen and oxygen atoms in total. The zero-order valence-corrected chi connectivity index (χ0v) is 8.35. The topological polar surface area (TPSA) is 44.9 Å². The van der Waals surface area contributed by atoms with Crippen LogP contribution in [0.3, 0.4) is 0 Å². The molecule has 1 heterocycles. The predicted octanol–water partition coefficient (Wildman–Crippen LogP) is 1.89. The molecule has 0 spiro atoms. The van der Waals surface area contributed by atoms with Crippen LogP contribution < -0.4 is 5.32 Å². The van der Waals surface area contributed by atoms with Gasteiger partial charge in [-0.15, -0.1) is 0 Å². The van der Waals surface area contributed by atoms with Gasteiger partial charge in [0.25, 0.3) is 5.91 Å². The number of aromatic nitrogens is 1. The van der Waals surface area contributed by atoms with E-state index in [1.165, 1.54) is 5.56 Å². The number of H-pyrrole nitrogens is 1. The molecule has 3 heteroatoms. The van der Waals surface area contributed by atoms with E-state index in [-0.39, 0.29) is 5.91 Å². The average molecular weight is 180 g/mol. The van der Waals surface area contributed by atoms with Crippen molar-refractivity contribution in [2.24, 2.45) is 0 Å². The maximum atomic E-state index is 11.3. The third kappa shape index (κ3) is 2.34. The Hall–Kier alpha value is -1.25. The van der Waals surface area contributed by atoms with Crippen molar-refractivity contribution < 1.29 is 4.79 Å². The Labute approximate surface area is 78.5 Å². The minimum atomic E-state index is -0.0330. The van der Waals surface area contributed by atoms with Crippen molar-refractivity contribution in [3.63, 3.8) is 0 Å². The van der Waals surface area contributed by atoms with E-state index < -0.39 is 0 Å². The lowest BCUT2D eigenvalue weighted by Crippen LogP contribution is -2.22. The van der Waals surface area contributed by atoms with Crippen LogP contribution in [0.4, 0.5) is 0 Å². The molecule has 1 aromatic rings. The maximum Gasteiger partial charge on any atom is 0.267 e. The number of aromatic amines is 1. The molecule has 72 valence electrons. The molecule has 0 fully saturated rings. The largest absolute Gasteiger partial charge is 0.357 e. The second-order valence-corrected chi connectivity index (χ2v) is 3.36. The fraction of sp³-hybridized carbons (Fsp3) is 0.500. The van der Waals surface area contributed by atoms with E-state index in [4.69, 9.17) is 0 Å². The van der Waals surface area contributed by atoms with Crippen LogP contribution in [0.2, 0.25) is 0 Å². The number of carbonyl (C=O) groups is 1. The van der Waals surface area contributed by atoms with Crippen LogP contribution in [0, 0.1) is 0 Å². The Bertz CT molecular complexity index is 289. The van der Waals surface area contributed by atoms with Crippen molar-refractivity contribution in [3.8, 4) is 0 Å². The number of rotatable bonds is 3. The van der Waals surface area contributed by atoms with E-state index in [0.29, 0.717) is 18.2 Å². The first kappa shape index (κ1) is 9.84. The van der Waals surface area contributed by atoms with E-state index in [1.54, 1.807) is 0 Å². The predicted molar refractivity (Wildman–Crippen MR) is 52.9 cm³/mol. The molecule has 0 bridgehead atoms. The van der Waals surface area contributed by atoms with E-state index in [1.807, 2.05) is 19.2 Å². The standard InChI is InChI=1S/C10H16N2O/c1-4-11-10(13)9-5-8(6-12-9)7(2)3/h5-7,12H,4H2,1-3H3,(H,11,13). The van der Waals surface area contributed by atoms with Crippen molar-refractivity contribution in [3.05, 3.63) is 23.5 Å². The molecular weight excluding hydrogens is 164 g/mol. The second kappa shape index (κ2) is 4.12. The highest BCUT2D eigenvalue weighted by Gasteiger charge is 2.08. The van der Waals surface area contributed by atoms with Crippen molar-refractivity contribution in [1.82, 2.24) is 10.3 Å². The molecule has 0 atom stereocenters. The molecule has 0 saturated carbocycles. The van der Waals surface area contributed by atoms with Gasteiger partial charge in [-0.25, -0.2) is 0 Å². The first-order chi connectivity index (χ1) is 6.15. The Kier molecular flexibility index (Phi) is 3.12. The molecule has 13 heavy (non-hydrogen) atoms. The minimum Gasteiger partial charge on any atom is -0.357 e. The molecule has 0 radical (unpaired) electrons. The Balaban J connectivity index is 2.73. The van der Waals surface area contributed by atoms with Gasteiger partial charge in [-0.05, 0) is 24.5 Å². The lowest BCUT2D eigenvalue weighted by atomic mass is 10.1. The van der Waals surface area contributed by atoms with Gasteiger partial charge >= 0.3 is 0 Å². The Morgan fingerprint density at radius 2 is 2.31 bits per heavy atom. The van der Waals surface area contributed by atoms with E-state index in [0.717, 1.165) is 0 Å². The van der Waals surface area contributed by atoms with Crippen LogP contribution >= 0.6 is 0 Å². The summed E-state index contributed by atoms with van der Waals surface area (Å²) >= 11 is 0. The van der Waals surface area contributed by atoms with Gasteiger partial charge in [-0.2, -0.15) is 0 Å². The summed E-state index contributed by atoms with van der Waals surface area (Å²) in [5.41, 5.74) is 1.81. The van der Waals surface area contributed by atoms with Crippen molar-refractivity contribution >= 4 is 5.91 Å². The molecule has 0 aromatic carbocycles. The summed E-state index contributed by atoms with van der Waals surface area (Å²) in [4.78, 5) is 14.3. The summed E-state index contributed by atoms with van der Waals surface area (Å²) in [6, 6.07) is 1.90. The van der Waals surface area contributed by atoms with E-state index in [2.05, 4.69) is 24.1 Å². The number of hydrogen-bond acceptors (Lipinski definition) is 1. The molecular formula is C10H16N2O. The minimum absolute atomic E-state index is 0.0330. The molecule has 0 aliphatic carbocycles. The number of nitrogens with one attached hydrogen (secondary N) is 2. The van der Waals surface area contributed by atoms with Crippen LogP contribution in [0.15, 0.2) is 12.3 Å². The fourth-order valence-corrected chi connectivity index (χ4v) is 1.13. The summed E-state index contributed by atoms with van der Waals surface area (Å²) in [7, 11) is 0. The third-order valence-electron chi connectivity index (χ3n) is 1.95. The Morgan fingerprint density at radius 3 is 2.77 bits per heavy atom. The van der Waals surface area contributed by atoms with Crippen molar-refractivity contribution in [2.45, 2.75) is 26.7 Å². The lowest BCUT2D eigenvalue weighted by molar-refractivity contribution is 0.0951. The monoisotopic (exact) mass is 180 g/mol. The van der Waals surface area contributed by atoms with Crippen molar-refractivity contribution in [1.29, 1.82) is 0 Å². The highest BCUT2D eigenvalue weighted by atomic mass is 16.1. The average Bonchev–Trinajstić information content (AvgIpc) is 2.52. The Morgan fingerprint density at radius 1 is 1.62 bits per heavy atom. The summed E-state index contributed by atoms with van der Waals surface area (Å²) < 4.78 is 0. The molecule has 0 aliphatic heterocycles. The summed E-state index contributed by atoms with van der Waals surface area (Å²) in [6.45, 7) is 6.77. The number of carbonyl (C=O) groups excluding carboxylic acids is 1. The van der Waals surface area contributed by atoms with Gasteiger partial charge in [-0.3, -0.25) is 4.79 Å². The molecule has 1 rings (SSSR count). The summed E-state index contributed by atoms with van der Waals surface area (Å²) in [5.74, 6) is 0.425. The van der Waals surface area contributed by atoms with E-state index >= 15 is 0 Å². The fourth-order valence-electron chi connectivity index (χ4n) is 1.13. The number of amides is 1. The van der Waals surface area contributed by atoms with Gasteiger partial charge in [-0.1, -0.05) is 13.8 Å². The third-order valence-corrected chi connectivity index (χ3v) is 1.95. The first-order valence-electron chi connectivity index (χ1n) is 4.61. The highest BCUT2D eigenvalue weighted by Crippen LogP contribution is 2.14. The second-order valence-electron chi connectivity index (χ2n) is 3.36. The summed E-state index contributed by atoms with van der Waals surface area (Å²) in [5, 5.41) is 2.74. The van der Waals surface area contributed by atoms with Crippen LogP contribution in [0.1, 0.15) is 42.7 Å². The highest BCUT2D eigenvalue weighted by molar-refractivity contribution is 5.92. The van der Waals surface area contributed by atoms with Gasteiger partial charge in [0.1, 0.15) is 5.69 Å². The van der Waals surface area contributed by atoms with Gasteiger partial charge in [0.05, 0.1) is 0 Å². The molecule has 0 unspecified atom stereocenters. The first-order valence-corrected chi connectivity index (χ1v) is 4.61. The van der Waals surface area contributed by atoms with Gasteiger partial charge in [0, 0.05) is 12.7 Å². The summed E-state index contributed by atoms with van der Waals surface area (Å²) in [6.07, 6.45) is 1.88. The molecule has 1 aromatic heterocycles. The molecule has 2 N–H and O–H groups in total. The molecule has 0 aliphatic rings. The van der Waals surface area contributed by atoms with Gasteiger partial charge in [0.2, 0.25) is 0 Å². The SMILES string of the molecule is CCNC(=O)c1cc(C(C)C)c[nH]1. The number of hydrogen-bond donors (Lipinski definition) is 2.